The van der Waals surface area contributed by atoms with Crippen LogP contribution < -0.4 is 5.73 Å². The average Bonchev–Trinajstić information content (AvgIpc) is 2.32. The van der Waals surface area contributed by atoms with Gasteiger partial charge in [0.2, 0.25) is 0 Å². The van der Waals surface area contributed by atoms with Crippen LogP contribution in [0.2, 0.25) is 0 Å². The topological polar surface area (TPSA) is 88.5 Å². The Hall–Kier alpha value is -2.13. The maximum atomic E-state index is 8.70. The molecule has 2 heterocycles. The summed E-state index contributed by atoms with van der Waals surface area (Å²) in [7, 11) is 0. The van der Waals surface area contributed by atoms with E-state index in [4.69, 9.17) is 11.0 Å². The molecule has 0 saturated heterocycles. The van der Waals surface area contributed by atoms with Crippen molar-refractivity contribution in [1.29, 1.82) is 5.26 Å². The molecule has 0 unspecified atom stereocenters. The van der Waals surface area contributed by atoms with E-state index >= 15 is 0 Å². The van der Waals surface area contributed by atoms with Gasteiger partial charge in [-0.05, 0) is 23.9 Å². The number of nitrogens with two attached hydrogens (primary N) is 1. The van der Waals surface area contributed by atoms with Gasteiger partial charge in [-0.1, -0.05) is 0 Å². The first-order chi connectivity index (χ1) is 7.79. The molecular weight excluding hydrogens is 222 g/mol. The van der Waals surface area contributed by atoms with E-state index in [9.17, 15) is 0 Å². The monoisotopic (exact) mass is 229 g/mol. The van der Waals surface area contributed by atoms with Crippen LogP contribution in [-0.4, -0.2) is 15.0 Å². The van der Waals surface area contributed by atoms with Crippen LogP contribution in [0.3, 0.4) is 0 Å². The number of rotatable bonds is 2. The van der Waals surface area contributed by atoms with Crippen molar-refractivity contribution in [3.63, 3.8) is 0 Å². The fraction of sp³-hybridized carbons (Fsp3) is 0. The molecule has 16 heavy (non-hydrogen) atoms. The Balaban J connectivity index is 2.28. The van der Waals surface area contributed by atoms with Crippen LogP contribution in [-0.2, 0) is 0 Å². The van der Waals surface area contributed by atoms with E-state index in [0.717, 1.165) is 4.90 Å². The second kappa shape index (κ2) is 4.59. The van der Waals surface area contributed by atoms with Crippen molar-refractivity contribution in [3.8, 4) is 6.07 Å². The second-order valence-corrected chi connectivity index (χ2v) is 3.86. The van der Waals surface area contributed by atoms with Crippen LogP contribution in [0.25, 0.3) is 0 Å². The smallest absolute Gasteiger partial charge is 0.193 e. The van der Waals surface area contributed by atoms with E-state index in [1.165, 1.54) is 11.8 Å². The van der Waals surface area contributed by atoms with Crippen LogP contribution in [0.4, 0.5) is 5.69 Å². The van der Waals surface area contributed by atoms with E-state index in [1.54, 1.807) is 30.7 Å². The third-order valence-corrected chi connectivity index (χ3v) is 2.73. The minimum atomic E-state index is 0.338. The number of nitrogens with zero attached hydrogens (tertiary/aromatic N) is 4. The molecule has 0 aliphatic carbocycles. The SMILES string of the molecule is N#Cc1ccnc(Sc2ccncc2N)n1. The first-order valence-electron chi connectivity index (χ1n) is 4.40. The van der Waals surface area contributed by atoms with Gasteiger partial charge in [-0.3, -0.25) is 4.98 Å². The number of hydrogen-bond donors (Lipinski definition) is 1. The van der Waals surface area contributed by atoms with Gasteiger partial charge in [0.1, 0.15) is 11.8 Å². The van der Waals surface area contributed by atoms with Crippen LogP contribution in [0.15, 0.2) is 40.8 Å². The zero-order valence-electron chi connectivity index (χ0n) is 8.16. The Labute approximate surface area is 96.4 Å². The predicted molar refractivity (Wildman–Crippen MR) is 59.5 cm³/mol. The van der Waals surface area contributed by atoms with Crippen molar-refractivity contribution in [2.45, 2.75) is 10.1 Å². The first kappa shape index (κ1) is 10.4. The summed E-state index contributed by atoms with van der Waals surface area (Å²) in [6.45, 7) is 0. The zero-order valence-corrected chi connectivity index (χ0v) is 8.98. The number of hydrogen-bond acceptors (Lipinski definition) is 6. The molecule has 0 aliphatic heterocycles. The minimum Gasteiger partial charge on any atom is -0.397 e. The summed E-state index contributed by atoms with van der Waals surface area (Å²) in [5.74, 6) is 0. The number of nitriles is 1. The Morgan fingerprint density at radius 1 is 1.31 bits per heavy atom. The quantitative estimate of drug-likeness (QED) is 0.784. The molecule has 0 spiro atoms. The average molecular weight is 229 g/mol. The van der Waals surface area contributed by atoms with E-state index in [2.05, 4.69) is 15.0 Å². The number of nitrogen functional groups attached to an aromatic ring is 1. The van der Waals surface area contributed by atoms with Crippen LogP contribution in [0, 0.1) is 11.3 Å². The fourth-order valence-electron chi connectivity index (χ4n) is 1.04. The van der Waals surface area contributed by atoms with E-state index in [-0.39, 0.29) is 0 Å². The van der Waals surface area contributed by atoms with Gasteiger partial charge in [-0.2, -0.15) is 5.26 Å². The molecule has 0 saturated carbocycles. The molecule has 0 atom stereocenters. The summed E-state index contributed by atoms with van der Waals surface area (Å²) in [6.07, 6.45) is 4.76. The maximum Gasteiger partial charge on any atom is 0.193 e. The highest BCUT2D eigenvalue weighted by Crippen LogP contribution is 2.28. The highest BCUT2D eigenvalue weighted by molar-refractivity contribution is 7.99. The molecule has 0 aliphatic rings. The molecule has 0 aromatic carbocycles. The standard InChI is InChI=1S/C10H7N5S/c11-5-7-1-4-14-10(15-7)16-9-2-3-13-6-8(9)12/h1-4,6H,12H2. The van der Waals surface area contributed by atoms with Crippen molar-refractivity contribution in [2.75, 3.05) is 5.73 Å². The van der Waals surface area contributed by atoms with Gasteiger partial charge in [-0.15, -0.1) is 0 Å². The summed E-state index contributed by atoms with van der Waals surface area (Å²) in [6, 6.07) is 5.30. The lowest BCUT2D eigenvalue weighted by Crippen LogP contribution is -1.92. The van der Waals surface area contributed by atoms with Gasteiger partial charge in [0.05, 0.1) is 11.9 Å². The normalized spacial score (nSPS) is 9.69. The lowest BCUT2D eigenvalue weighted by Gasteiger charge is -2.02. The molecule has 78 valence electrons. The van der Waals surface area contributed by atoms with Crippen molar-refractivity contribution in [2.24, 2.45) is 0 Å². The van der Waals surface area contributed by atoms with Gasteiger partial charge in [-0.25, -0.2) is 9.97 Å². The van der Waals surface area contributed by atoms with Crippen molar-refractivity contribution >= 4 is 17.4 Å². The number of anilines is 1. The molecule has 5 nitrogen and oxygen atoms in total. The van der Waals surface area contributed by atoms with Crippen LogP contribution in [0.5, 0.6) is 0 Å². The summed E-state index contributed by atoms with van der Waals surface area (Å²) >= 11 is 1.31. The highest BCUT2D eigenvalue weighted by atomic mass is 32.2. The lowest BCUT2D eigenvalue weighted by molar-refractivity contribution is 0.952. The summed E-state index contributed by atoms with van der Waals surface area (Å²) in [4.78, 5) is 12.8. The number of pyridine rings is 1. The van der Waals surface area contributed by atoms with Gasteiger partial charge >= 0.3 is 0 Å². The largest absolute Gasteiger partial charge is 0.397 e. The molecule has 0 fully saturated rings. The molecule has 0 radical (unpaired) electrons. The van der Waals surface area contributed by atoms with E-state index < -0.39 is 0 Å². The predicted octanol–water partition coefficient (Wildman–Crippen LogP) is 1.48. The molecule has 6 heteroatoms. The highest BCUT2D eigenvalue weighted by Gasteiger charge is 2.04. The van der Waals surface area contributed by atoms with Crippen molar-refractivity contribution < 1.29 is 0 Å². The Morgan fingerprint density at radius 2 is 2.19 bits per heavy atom. The molecule has 0 bridgehead atoms. The molecule has 0 amide bonds. The fourth-order valence-corrected chi connectivity index (χ4v) is 1.79. The van der Waals surface area contributed by atoms with Crippen molar-refractivity contribution in [3.05, 3.63) is 36.4 Å². The van der Waals surface area contributed by atoms with E-state index in [0.29, 0.717) is 16.5 Å². The number of aromatic nitrogens is 3. The first-order valence-corrected chi connectivity index (χ1v) is 5.22. The summed E-state index contributed by atoms with van der Waals surface area (Å²) in [5, 5.41) is 9.20. The summed E-state index contributed by atoms with van der Waals surface area (Å²) in [5.41, 5.74) is 6.64. The minimum absolute atomic E-state index is 0.338. The van der Waals surface area contributed by atoms with Crippen LogP contribution >= 0.6 is 11.8 Å². The molecule has 2 aromatic rings. The van der Waals surface area contributed by atoms with Crippen LogP contribution in [0.1, 0.15) is 5.69 Å². The van der Waals surface area contributed by atoms with Gasteiger partial charge in [0.25, 0.3) is 0 Å². The molecular formula is C10H7N5S. The second-order valence-electron chi connectivity index (χ2n) is 2.85. The lowest BCUT2D eigenvalue weighted by atomic mass is 10.4. The molecule has 2 rings (SSSR count). The Morgan fingerprint density at radius 3 is 2.94 bits per heavy atom. The molecule has 2 N–H and O–H groups in total. The third-order valence-electron chi connectivity index (χ3n) is 1.76. The van der Waals surface area contributed by atoms with Gasteiger partial charge in [0.15, 0.2) is 5.16 Å². The van der Waals surface area contributed by atoms with Gasteiger partial charge in [0, 0.05) is 17.3 Å². The molecule has 2 aromatic heterocycles. The van der Waals surface area contributed by atoms with Gasteiger partial charge < -0.3 is 5.73 Å². The maximum absolute atomic E-state index is 8.70. The van der Waals surface area contributed by atoms with Crippen molar-refractivity contribution in [1.82, 2.24) is 15.0 Å². The zero-order chi connectivity index (χ0) is 11.4. The third kappa shape index (κ3) is 2.27. The summed E-state index contributed by atoms with van der Waals surface area (Å²) < 4.78 is 0. The Kier molecular flexibility index (Phi) is 2.98. The van der Waals surface area contributed by atoms with E-state index in [1.807, 2.05) is 6.07 Å². The Bertz CT molecular complexity index is 549.